The summed E-state index contributed by atoms with van der Waals surface area (Å²) in [6, 6.07) is 9.76. The van der Waals surface area contributed by atoms with E-state index in [2.05, 4.69) is 42.0 Å². The lowest BCUT2D eigenvalue weighted by atomic mass is 10.0. The molecule has 0 bridgehead atoms. The molecule has 0 spiro atoms. The van der Waals surface area contributed by atoms with Crippen molar-refractivity contribution in [3.63, 3.8) is 0 Å². The first-order valence-corrected chi connectivity index (χ1v) is 19.9. The number of rotatable bonds is 14. The van der Waals surface area contributed by atoms with E-state index < -0.39 is 42.2 Å². The van der Waals surface area contributed by atoms with E-state index in [4.69, 9.17) is 56.4 Å². The van der Waals surface area contributed by atoms with E-state index in [1.165, 1.54) is 12.1 Å². The number of carbonyl (C=O) groups excluding carboxylic acids is 4. The third-order valence-corrected chi connectivity index (χ3v) is 10.1. The fourth-order valence-corrected chi connectivity index (χ4v) is 6.85. The molecule has 0 aliphatic carbocycles. The molecular weight excluding hydrogens is 876 g/mol. The number of imide groups is 1. The zero-order valence-electron chi connectivity index (χ0n) is 33.2. The van der Waals surface area contributed by atoms with Gasteiger partial charge in [0.15, 0.2) is 17.9 Å². The molecule has 18 nitrogen and oxygen atoms in total. The lowest BCUT2D eigenvalue weighted by molar-refractivity contribution is -0.145. The van der Waals surface area contributed by atoms with Gasteiger partial charge in [-0.25, -0.2) is 25.4 Å². The normalized spacial score (nSPS) is 14.0. The molecule has 2 aromatic carbocycles. The van der Waals surface area contributed by atoms with Crippen molar-refractivity contribution in [2.24, 2.45) is 0 Å². The molecule has 5 rings (SSSR count). The number of H-pyrrole nitrogens is 2. The number of hydrazine groups is 2. The number of nitriles is 2. The average molecular weight is 916 g/mol. The average Bonchev–Trinajstić information content (AvgIpc) is 3.19. The SMILES string of the molecule is CC(C)c1cc(Cc2c(Cl)cc(N3NC(C#N)C(=O)NC3=O)cc2Cl)n[nH]c1=O.CCOC(=O)CC(=O)C(C#N)NNc1cc(Cl)c(Cc2cc(C(C)C)c(=O)[nH]n2)c(Cl)c1. The standard InChI is InChI=1S/C21H23Cl2N5O4.C18H16Cl2N6O3/c1-4-32-20(30)9-19(29)18(10-24)27-25-13-7-16(22)15(17(23)8-13)6-12-5-14(11(2)3)21(31)28-26-12;1-8(2)11-3-9(23-24-16(11)27)4-12-13(19)5-10(6-14(12)20)26-18(29)22-17(28)15(7-21)25-26/h5,7-8,11,18,25,27H,4,6,9H2,1-3H3,(H,28,31);3,5-6,8,15,25H,4H2,1-2H3,(H,24,27)(H,22,28,29). The van der Waals surface area contributed by atoms with Crippen LogP contribution in [0.2, 0.25) is 20.1 Å². The number of nitrogens with one attached hydrogen (secondary N) is 6. The van der Waals surface area contributed by atoms with Crippen LogP contribution in [0, 0.1) is 22.7 Å². The van der Waals surface area contributed by atoms with E-state index >= 15 is 0 Å². The van der Waals surface area contributed by atoms with Crippen LogP contribution in [0.3, 0.4) is 0 Å². The Morgan fingerprint density at radius 2 is 1.31 bits per heavy atom. The van der Waals surface area contributed by atoms with Gasteiger partial charge in [0.25, 0.3) is 17.0 Å². The van der Waals surface area contributed by atoms with Crippen molar-refractivity contribution >= 4 is 81.5 Å². The maximum atomic E-state index is 12.1. The van der Waals surface area contributed by atoms with E-state index in [1.807, 2.05) is 27.7 Å². The number of ether oxygens (including phenoxy) is 1. The molecule has 1 aliphatic rings. The number of nitrogens with zero attached hydrogens (tertiary/aromatic N) is 5. The predicted octanol–water partition coefficient (Wildman–Crippen LogP) is 5.37. The third kappa shape index (κ3) is 12.6. The number of esters is 1. The quantitative estimate of drug-likeness (QED) is 0.0528. The Labute approximate surface area is 368 Å². The Bertz CT molecular complexity index is 2490. The Hall–Kier alpha value is -5.86. The molecule has 0 saturated carbocycles. The van der Waals surface area contributed by atoms with Crippen molar-refractivity contribution in [1.29, 1.82) is 10.5 Å². The van der Waals surface area contributed by atoms with Gasteiger partial charge in [-0.2, -0.15) is 26.1 Å². The van der Waals surface area contributed by atoms with E-state index in [0.29, 0.717) is 55.8 Å². The summed E-state index contributed by atoms with van der Waals surface area (Å²) in [6.45, 7) is 9.39. The molecule has 61 heavy (non-hydrogen) atoms. The molecule has 6 N–H and O–H groups in total. The summed E-state index contributed by atoms with van der Waals surface area (Å²) in [6.07, 6.45) is 0.0276. The van der Waals surface area contributed by atoms with Gasteiger partial charge in [0, 0.05) is 44.1 Å². The molecule has 1 saturated heterocycles. The van der Waals surface area contributed by atoms with Crippen molar-refractivity contribution in [3.8, 4) is 12.1 Å². The van der Waals surface area contributed by atoms with Crippen molar-refractivity contribution in [2.75, 3.05) is 17.0 Å². The number of carbonyl (C=O) groups is 4. The molecule has 2 atom stereocenters. The Kier molecular flexibility index (Phi) is 16.9. The molecule has 22 heteroatoms. The lowest BCUT2D eigenvalue weighted by Gasteiger charge is -2.30. The molecule has 3 amide bonds. The van der Waals surface area contributed by atoms with Crippen LogP contribution in [0.4, 0.5) is 16.2 Å². The number of Topliss-reactive ketones (excluding diaryl/α,β-unsaturated/α-hetero) is 1. The van der Waals surface area contributed by atoms with Gasteiger partial charge in [0.2, 0.25) is 0 Å². The number of ketones is 1. The summed E-state index contributed by atoms with van der Waals surface area (Å²) in [7, 11) is 0. The van der Waals surface area contributed by atoms with Gasteiger partial charge >= 0.3 is 12.0 Å². The monoisotopic (exact) mass is 913 g/mol. The molecule has 1 fully saturated rings. The van der Waals surface area contributed by atoms with Gasteiger partial charge in [0.05, 0.1) is 41.5 Å². The number of halogens is 4. The summed E-state index contributed by atoms with van der Waals surface area (Å²) in [4.78, 5) is 70.9. The molecule has 320 valence electrons. The Balaban J connectivity index is 0.000000270. The fraction of sp³-hybridized carbons (Fsp3) is 0.333. The largest absolute Gasteiger partial charge is 0.466 e. The second kappa shape index (κ2) is 21.6. The second-order valence-corrected chi connectivity index (χ2v) is 15.5. The first-order chi connectivity index (χ1) is 28.9. The summed E-state index contributed by atoms with van der Waals surface area (Å²) in [5.41, 5.74) is 11.5. The van der Waals surface area contributed by atoms with Crippen molar-refractivity contribution in [3.05, 3.63) is 111 Å². The first-order valence-electron chi connectivity index (χ1n) is 18.4. The smallest absolute Gasteiger partial charge is 0.343 e. The minimum atomic E-state index is -1.28. The third-order valence-electron chi connectivity index (χ3n) is 8.77. The maximum absolute atomic E-state index is 12.1. The highest BCUT2D eigenvalue weighted by atomic mass is 35.5. The van der Waals surface area contributed by atoms with Crippen LogP contribution >= 0.6 is 46.4 Å². The van der Waals surface area contributed by atoms with E-state index in [1.54, 1.807) is 43.3 Å². The molecule has 4 aromatic rings. The number of aromatic nitrogens is 4. The summed E-state index contributed by atoms with van der Waals surface area (Å²) < 4.78 is 4.71. The van der Waals surface area contributed by atoms with Crippen molar-refractivity contribution < 1.29 is 23.9 Å². The van der Waals surface area contributed by atoms with Gasteiger partial charge in [-0.15, -0.1) is 0 Å². The summed E-state index contributed by atoms with van der Waals surface area (Å²) in [5.74, 6) is -2.03. The van der Waals surface area contributed by atoms with E-state index in [0.717, 1.165) is 5.01 Å². The van der Waals surface area contributed by atoms with Crippen LogP contribution in [0.1, 0.15) is 86.5 Å². The van der Waals surface area contributed by atoms with Gasteiger partial charge in [-0.3, -0.25) is 29.3 Å². The van der Waals surface area contributed by atoms with Crippen LogP contribution in [-0.2, 0) is 32.0 Å². The van der Waals surface area contributed by atoms with E-state index in [9.17, 15) is 34.0 Å². The number of amides is 3. The van der Waals surface area contributed by atoms with E-state index in [-0.39, 0.29) is 51.7 Å². The zero-order chi connectivity index (χ0) is 45.1. The predicted molar refractivity (Wildman–Crippen MR) is 227 cm³/mol. The van der Waals surface area contributed by atoms with Gasteiger partial charge in [-0.05, 0) is 66.3 Å². The molecule has 2 aromatic heterocycles. The van der Waals surface area contributed by atoms with Gasteiger partial charge in [0.1, 0.15) is 6.42 Å². The molecule has 2 unspecified atom stereocenters. The number of aromatic amines is 2. The minimum absolute atomic E-state index is 0.0216. The number of urea groups is 1. The molecule has 3 heterocycles. The van der Waals surface area contributed by atoms with Crippen LogP contribution in [0.25, 0.3) is 0 Å². The number of hydrogen-bond donors (Lipinski definition) is 6. The van der Waals surface area contributed by atoms with Crippen LogP contribution < -0.4 is 37.7 Å². The zero-order valence-corrected chi connectivity index (χ0v) is 36.2. The Morgan fingerprint density at radius 1 is 0.820 bits per heavy atom. The van der Waals surface area contributed by atoms with Crippen molar-refractivity contribution in [2.45, 2.75) is 77.8 Å². The molecular formula is C39H39Cl4N11O7. The van der Waals surface area contributed by atoms with Crippen LogP contribution in [-0.4, -0.2) is 62.8 Å². The van der Waals surface area contributed by atoms with Gasteiger partial charge < -0.3 is 10.2 Å². The fourth-order valence-electron chi connectivity index (χ4n) is 5.62. The minimum Gasteiger partial charge on any atom is -0.466 e. The number of benzene rings is 2. The maximum Gasteiger partial charge on any atom is 0.343 e. The molecule has 0 radical (unpaired) electrons. The Morgan fingerprint density at radius 3 is 1.75 bits per heavy atom. The number of anilines is 2. The van der Waals surface area contributed by atoms with Crippen LogP contribution in [0.5, 0.6) is 0 Å². The lowest BCUT2D eigenvalue weighted by Crippen LogP contribution is -2.64. The summed E-state index contributed by atoms with van der Waals surface area (Å²) >= 11 is 25.5. The summed E-state index contributed by atoms with van der Waals surface area (Å²) in [5, 5.41) is 35.5. The second-order valence-electron chi connectivity index (χ2n) is 13.9. The highest BCUT2D eigenvalue weighted by Crippen LogP contribution is 2.33. The van der Waals surface area contributed by atoms with Crippen molar-refractivity contribution in [1.82, 2.24) is 36.6 Å². The molecule has 1 aliphatic heterocycles. The van der Waals surface area contributed by atoms with Gasteiger partial charge in [-0.1, -0.05) is 74.1 Å². The first kappa shape index (κ1) is 47.8. The highest BCUT2D eigenvalue weighted by molar-refractivity contribution is 6.37. The highest BCUT2D eigenvalue weighted by Gasteiger charge is 2.33. The van der Waals surface area contributed by atoms with Crippen LogP contribution in [0.15, 0.2) is 46.0 Å². The number of hydrogen-bond acceptors (Lipinski definition) is 14. The topological polar surface area (TPSA) is 268 Å².